The molecule has 5 heteroatoms. The van der Waals surface area contributed by atoms with Crippen LogP contribution in [-0.2, 0) is 9.59 Å². The fraction of sp³-hybridized carbons (Fsp3) is 0.438. The van der Waals surface area contributed by atoms with E-state index >= 15 is 0 Å². The summed E-state index contributed by atoms with van der Waals surface area (Å²) < 4.78 is 0. The molecular weight excluding hydrogens is 268 g/mol. The number of anilines is 1. The molecule has 0 spiro atoms. The number of benzene rings is 1. The number of nitrogens with one attached hydrogen (secondary N) is 1. The molecule has 0 aromatic heterocycles. The lowest BCUT2D eigenvalue weighted by Gasteiger charge is -2.21. The van der Waals surface area contributed by atoms with Crippen molar-refractivity contribution in [1.82, 2.24) is 5.32 Å². The molecule has 1 unspecified atom stereocenters. The Morgan fingerprint density at radius 3 is 2.52 bits per heavy atom. The van der Waals surface area contributed by atoms with Gasteiger partial charge in [-0.25, -0.2) is 0 Å². The molecule has 21 heavy (non-hydrogen) atoms. The van der Waals surface area contributed by atoms with Gasteiger partial charge in [0.1, 0.15) is 6.54 Å². The van der Waals surface area contributed by atoms with Crippen LogP contribution in [0.3, 0.4) is 0 Å². The maximum Gasteiger partial charge on any atom is 0.299 e. The molecule has 0 saturated carbocycles. The van der Waals surface area contributed by atoms with Gasteiger partial charge in [-0.2, -0.15) is 0 Å². The molecule has 0 saturated heterocycles. The average Bonchev–Trinajstić information content (AvgIpc) is 2.63. The Hall–Kier alpha value is -2.17. The highest BCUT2D eigenvalue weighted by Crippen LogP contribution is 2.29. The second-order valence-electron chi connectivity index (χ2n) is 5.84. The summed E-state index contributed by atoms with van der Waals surface area (Å²) in [4.78, 5) is 37.2. The number of carbonyl (C=O) groups excluding carboxylic acids is 3. The molecule has 1 aromatic rings. The summed E-state index contributed by atoms with van der Waals surface area (Å²) in [5, 5.41) is 2.84. The summed E-state index contributed by atoms with van der Waals surface area (Å²) in [6.07, 6.45) is 0. The van der Waals surface area contributed by atoms with Crippen molar-refractivity contribution in [2.75, 3.05) is 11.4 Å². The van der Waals surface area contributed by atoms with Crippen LogP contribution in [0.2, 0.25) is 0 Å². The minimum atomic E-state index is -0.636. The smallest absolute Gasteiger partial charge is 0.299 e. The van der Waals surface area contributed by atoms with Crippen molar-refractivity contribution >= 4 is 23.3 Å². The predicted octanol–water partition coefficient (Wildman–Crippen LogP) is 1.69. The Bertz CT molecular complexity index is 608. The number of carbonyl (C=O) groups is 3. The van der Waals surface area contributed by atoms with E-state index in [9.17, 15) is 14.4 Å². The highest BCUT2D eigenvalue weighted by molar-refractivity contribution is 6.52. The van der Waals surface area contributed by atoms with Gasteiger partial charge in [0.15, 0.2) is 0 Å². The Kier molecular flexibility index (Phi) is 4.11. The van der Waals surface area contributed by atoms with Gasteiger partial charge in [0.05, 0.1) is 11.3 Å². The zero-order chi connectivity index (χ0) is 15.7. The molecule has 0 aliphatic carbocycles. The second-order valence-corrected chi connectivity index (χ2v) is 5.84. The van der Waals surface area contributed by atoms with E-state index in [0.717, 1.165) is 5.56 Å². The summed E-state index contributed by atoms with van der Waals surface area (Å²) in [6.45, 7) is 7.66. The molecular formula is C16H20N2O3. The number of hydrogen-bond acceptors (Lipinski definition) is 3. The van der Waals surface area contributed by atoms with E-state index in [2.05, 4.69) is 5.32 Å². The van der Waals surface area contributed by atoms with Crippen molar-refractivity contribution in [3.63, 3.8) is 0 Å². The van der Waals surface area contributed by atoms with Gasteiger partial charge >= 0.3 is 0 Å². The van der Waals surface area contributed by atoms with Crippen LogP contribution in [-0.4, -0.2) is 30.2 Å². The number of nitrogens with zero attached hydrogens (tertiary/aromatic N) is 1. The first-order chi connectivity index (χ1) is 9.81. The van der Waals surface area contributed by atoms with Gasteiger partial charge in [-0.3, -0.25) is 19.3 Å². The molecule has 1 heterocycles. The fourth-order valence-electron chi connectivity index (χ4n) is 2.18. The van der Waals surface area contributed by atoms with Crippen molar-refractivity contribution < 1.29 is 14.4 Å². The molecule has 112 valence electrons. The summed E-state index contributed by atoms with van der Waals surface area (Å²) in [7, 11) is 0. The molecule has 0 radical (unpaired) electrons. The lowest BCUT2D eigenvalue weighted by atomic mass is 10.1. The summed E-state index contributed by atoms with van der Waals surface area (Å²) in [6, 6.07) is 5.24. The van der Waals surface area contributed by atoms with Crippen LogP contribution in [0.5, 0.6) is 0 Å². The van der Waals surface area contributed by atoms with Crippen molar-refractivity contribution in [1.29, 1.82) is 0 Å². The molecule has 1 aliphatic heterocycles. The third-order valence-electron chi connectivity index (χ3n) is 3.82. The first-order valence-corrected chi connectivity index (χ1v) is 7.07. The van der Waals surface area contributed by atoms with Gasteiger partial charge in [-0.1, -0.05) is 25.5 Å². The van der Waals surface area contributed by atoms with Crippen LogP contribution in [0, 0.1) is 12.8 Å². The van der Waals surface area contributed by atoms with E-state index in [1.165, 1.54) is 4.90 Å². The number of ketones is 1. The minimum Gasteiger partial charge on any atom is -0.352 e. The average molecular weight is 288 g/mol. The van der Waals surface area contributed by atoms with Crippen LogP contribution >= 0.6 is 0 Å². The maximum absolute atomic E-state index is 12.0. The minimum absolute atomic E-state index is 0.0170. The van der Waals surface area contributed by atoms with Crippen LogP contribution in [0.1, 0.15) is 36.7 Å². The van der Waals surface area contributed by atoms with E-state index in [4.69, 9.17) is 0 Å². The van der Waals surface area contributed by atoms with Gasteiger partial charge in [-0.15, -0.1) is 0 Å². The molecule has 0 fully saturated rings. The van der Waals surface area contributed by atoms with Crippen molar-refractivity contribution in [3.05, 3.63) is 29.3 Å². The van der Waals surface area contributed by atoms with Gasteiger partial charge < -0.3 is 5.32 Å². The predicted molar refractivity (Wildman–Crippen MR) is 80.3 cm³/mol. The summed E-state index contributed by atoms with van der Waals surface area (Å²) >= 11 is 0. The Balaban J connectivity index is 2.17. The van der Waals surface area contributed by atoms with Gasteiger partial charge in [0, 0.05) is 6.04 Å². The monoisotopic (exact) mass is 288 g/mol. The Labute approximate surface area is 124 Å². The van der Waals surface area contributed by atoms with E-state index in [1.54, 1.807) is 12.1 Å². The fourth-order valence-corrected chi connectivity index (χ4v) is 2.18. The second kappa shape index (κ2) is 5.68. The number of hydrogen-bond donors (Lipinski definition) is 1. The van der Waals surface area contributed by atoms with E-state index in [1.807, 2.05) is 33.8 Å². The van der Waals surface area contributed by atoms with Gasteiger partial charge in [-0.05, 0) is 31.9 Å². The molecule has 1 aliphatic rings. The van der Waals surface area contributed by atoms with Crippen molar-refractivity contribution in [3.8, 4) is 0 Å². The van der Waals surface area contributed by atoms with Crippen LogP contribution < -0.4 is 10.2 Å². The molecule has 1 N–H and O–H groups in total. The zero-order valence-electron chi connectivity index (χ0n) is 12.8. The van der Waals surface area contributed by atoms with E-state index in [0.29, 0.717) is 17.2 Å². The molecule has 1 atom stereocenters. The Morgan fingerprint density at radius 2 is 1.90 bits per heavy atom. The summed E-state index contributed by atoms with van der Waals surface area (Å²) in [5.41, 5.74) is 1.81. The SMILES string of the molecule is Cc1ccc2c(c1)C(=O)C(=O)N2CC(=O)NC(C)C(C)C. The highest BCUT2D eigenvalue weighted by atomic mass is 16.2. The summed E-state index contributed by atoms with van der Waals surface area (Å²) in [5.74, 6) is -1.13. The van der Waals surface area contributed by atoms with Crippen LogP contribution in [0.4, 0.5) is 5.69 Å². The molecule has 5 nitrogen and oxygen atoms in total. The van der Waals surface area contributed by atoms with Crippen LogP contribution in [0.25, 0.3) is 0 Å². The van der Waals surface area contributed by atoms with Gasteiger partial charge in [0.25, 0.3) is 11.7 Å². The molecule has 2 amide bonds. The third kappa shape index (κ3) is 2.96. The normalized spacial score (nSPS) is 15.4. The van der Waals surface area contributed by atoms with E-state index in [-0.39, 0.29) is 18.5 Å². The number of Topliss-reactive ketones (excluding diaryl/α,β-unsaturated/α-hetero) is 1. The standard InChI is InChI=1S/C16H20N2O3/c1-9(2)11(4)17-14(19)8-18-13-6-5-10(3)7-12(13)15(20)16(18)21/h5-7,9,11H,8H2,1-4H3,(H,17,19). The first-order valence-electron chi connectivity index (χ1n) is 7.07. The zero-order valence-corrected chi connectivity index (χ0v) is 12.8. The number of rotatable bonds is 4. The van der Waals surface area contributed by atoms with Gasteiger partial charge in [0.2, 0.25) is 5.91 Å². The largest absolute Gasteiger partial charge is 0.352 e. The van der Waals surface area contributed by atoms with Crippen molar-refractivity contribution in [2.24, 2.45) is 5.92 Å². The van der Waals surface area contributed by atoms with Crippen molar-refractivity contribution in [2.45, 2.75) is 33.7 Å². The number of amides is 2. The number of aryl methyl sites for hydroxylation is 1. The maximum atomic E-state index is 12.0. The Morgan fingerprint density at radius 1 is 1.24 bits per heavy atom. The molecule has 2 rings (SSSR count). The lowest BCUT2D eigenvalue weighted by Crippen LogP contribution is -2.44. The molecule has 1 aromatic carbocycles. The number of fused-ring (bicyclic) bond motifs is 1. The van der Waals surface area contributed by atoms with E-state index < -0.39 is 11.7 Å². The molecule has 0 bridgehead atoms. The quantitative estimate of drug-likeness (QED) is 0.857. The topological polar surface area (TPSA) is 66.5 Å². The highest BCUT2D eigenvalue weighted by Gasteiger charge is 2.36. The lowest BCUT2D eigenvalue weighted by molar-refractivity contribution is -0.122. The third-order valence-corrected chi connectivity index (χ3v) is 3.82. The van der Waals surface area contributed by atoms with Crippen LogP contribution in [0.15, 0.2) is 18.2 Å². The first kappa shape index (κ1) is 15.2.